The second-order valence-electron chi connectivity index (χ2n) is 4.80. The highest BCUT2D eigenvalue weighted by Gasteiger charge is 2.17. The van der Waals surface area contributed by atoms with Gasteiger partial charge in [-0.1, -0.05) is 41.9 Å². The van der Waals surface area contributed by atoms with Crippen LogP contribution < -0.4 is 5.73 Å². The molecule has 0 aliphatic carbocycles. The Morgan fingerprint density at radius 1 is 1.14 bits per heavy atom. The molecule has 0 saturated carbocycles. The Morgan fingerprint density at radius 2 is 1.86 bits per heavy atom. The number of H-pyrrole nitrogens is 1. The molecule has 1 heterocycles. The Balaban J connectivity index is 2.22. The normalized spacial score (nSPS) is 10.8. The van der Waals surface area contributed by atoms with Crippen molar-refractivity contribution in [3.63, 3.8) is 0 Å². The maximum atomic E-state index is 6.05. The number of aromatic amines is 1. The van der Waals surface area contributed by atoms with Gasteiger partial charge in [0.1, 0.15) is 0 Å². The molecule has 0 bridgehead atoms. The number of hydrogen-bond acceptors (Lipinski definition) is 2. The van der Waals surface area contributed by atoms with Gasteiger partial charge in [-0.25, -0.2) is 0 Å². The molecule has 0 spiro atoms. The summed E-state index contributed by atoms with van der Waals surface area (Å²) in [5.74, 6) is 0.473. The van der Waals surface area contributed by atoms with Crippen molar-refractivity contribution in [2.75, 3.05) is 5.73 Å². The molecule has 3 nitrogen and oxygen atoms in total. The van der Waals surface area contributed by atoms with E-state index in [9.17, 15) is 0 Å². The maximum absolute atomic E-state index is 6.05. The first-order valence-corrected chi connectivity index (χ1v) is 7.60. The number of aromatic nitrogens is 2. The Labute approximate surface area is 136 Å². The number of anilines is 1. The van der Waals surface area contributed by atoms with Gasteiger partial charge in [-0.15, -0.1) is 0 Å². The minimum atomic E-state index is 0.473. The number of nitrogens with two attached hydrogens (primary N) is 1. The third kappa shape index (κ3) is 2.57. The van der Waals surface area contributed by atoms with Crippen molar-refractivity contribution in [2.24, 2.45) is 0 Å². The zero-order valence-corrected chi connectivity index (χ0v) is 13.7. The largest absolute Gasteiger partial charge is 0.382 e. The molecule has 0 atom stereocenters. The van der Waals surface area contributed by atoms with E-state index < -0.39 is 0 Å². The minimum absolute atomic E-state index is 0.473. The van der Waals surface area contributed by atoms with Gasteiger partial charge >= 0.3 is 0 Å². The summed E-state index contributed by atoms with van der Waals surface area (Å²) in [4.78, 5) is 0. The lowest BCUT2D eigenvalue weighted by Gasteiger charge is -2.08. The minimum Gasteiger partial charge on any atom is -0.382 e. The Bertz CT molecular complexity index is 794. The number of nitrogens with one attached hydrogen (secondary N) is 1. The highest BCUT2D eigenvalue weighted by Crippen LogP contribution is 2.38. The van der Waals surface area contributed by atoms with Gasteiger partial charge in [0, 0.05) is 15.1 Å². The van der Waals surface area contributed by atoms with Crippen LogP contribution in [-0.2, 0) is 0 Å². The van der Waals surface area contributed by atoms with E-state index in [0.717, 1.165) is 32.4 Å². The van der Waals surface area contributed by atoms with E-state index in [2.05, 4.69) is 39.1 Å². The molecular formula is C16H13BrClN3. The fourth-order valence-electron chi connectivity index (χ4n) is 2.30. The van der Waals surface area contributed by atoms with Crippen LogP contribution in [0.3, 0.4) is 0 Å². The number of rotatable bonds is 2. The lowest BCUT2D eigenvalue weighted by Crippen LogP contribution is -1.90. The predicted octanol–water partition coefficient (Wildman–Crippen LogP) is 5.05. The number of aryl methyl sites for hydroxylation is 1. The van der Waals surface area contributed by atoms with Crippen molar-refractivity contribution < 1.29 is 0 Å². The summed E-state index contributed by atoms with van der Waals surface area (Å²) in [5.41, 5.74) is 11.0. The molecular weight excluding hydrogens is 350 g/mol. The first kappa shape index (κ1) is 14.2. The second-order valence-corrected chi connectivity index (χ2v) is 6.03. The van der Waals surface area contributed by atoms with Gasteiger partial charge in [-0.05, 0) is 46.1 Å². The van der Waals surface area contributed by atoms with E-state index in [1.54, 1.807) is 0 Å². The summed E-state index contributed by atoms with van der Waals surface area (Å²) < 4.78 is 1.03. The van der Waals surface area contributed by atoms with Crippen LogP contribution in [0.25, 0.3) is 22.4 Å². The van der Waals surface area contributed by atoms with Gasteiger partial charge in [0.15, 0.2) is 5.82 Å². The molecule has 0 unspecified atom stereocenters. The molecule has 106 valence electrons. The van der Waals surface area contributed by atoms with Crippen LogP contribution in [0.4, 0.5) is 5.82 Å². The fraction of sp³-hybridized carbons (Fsp3) is 0.0625. The smallest absolute Gasteiger partial charge is 0.153 e. The van der Waals surface area contributed by atoms with Crippen molar-refractivity contribution >= 4 is 33.3 Å². The van der Waals surface area contributed by atoms with E-state index in [1.165, 1.54) is 0 Å². The van der Waals surface area contributed by atoms with Crippen LogP contribution in [0.2, 0.25) is 5.02 Å². The summed E-state index contributed by atoms with van der Waals surface area (Å²) in [6.45, 7) is 2.05. The number of nitrogens with zero attached hydrogens (tertiary/aromatic N) is 1. The lowest BCUT2D eigenvalue weighted by atomic mass is 10.00. The summed E-state index contributed by atoms with van der Waals surface area (Å²) in [7, 11) is 0. The third-order valence-corrected chi connectivity index (χ3v) is 4.69. The molecule has 0 amide bonds. The third-order valence-electron chi connectivity index (χ3n) is 3.39. The van der Waals surface area contributed by atoms with Crippen LogP contribution in [0.1, 0.15) is 5.56 Å². The zero-order valence-electron chi connectivity index (χ0n) is 11.3. The molecule has 3 aromatic rings. The quantitative estimate of drug-likeness (QED) is 0.670. The van der Waals surface area contributed by atoms with Crippen molar-refractivity contribution in [3.05, 3.63) is 57.5 Å². The molecule has 3 N–H and O–H groups in total. The Morgan fingerprint density at radius 3 is 2.57 bits per heavy atom. The SMILES string of the molecule is Cc1cccc(-c2[nH]nc(N)c2-c2ccc(Cl)cc2)c1Br. The molecule has 21 heavy (non-hydrogen) atoms. The molecule has 1 aromatic heterocycles. The van der Waals surface area contributed by atoms with Crippen LogP contribution in [0.5, 0.6) is 0 Å². The van der Waals surface area contributed by atoms with E-state index in [1.807, 2.05) is 36.4 Å². The van der Waals surface area contributed by atoms with Crippen molar-refractivity contribution in [1.82, 2.24) is 10.2 Å². The van der Waals surface area contributed by atoms with Crippen LogP contribution in [0, 0.1) is 6.92 Å². The number of benzene rings is 2. The fourth-order valence-corrected chi connectivity index (χ4v) is 2.89. The molecule has 5 heteroatoms. The standard InChI is InChI=1S/C16H13BrClN3/c1-9-3-2-4-12(14(9)17)15-13(16(19)21-20-15)10-5-7-11(18)8-6-10/h2-8H,1H3,(H3,19,20,21). The Hall–Kier alpha value is -1.78. The highest BCUT2D eigenvalue weighted by molar-refractivity contribution is 9.10. The number of hydrogen-bond donors (Lipinski definition) is 2. The molecule has 3 rings (SSSR count). The monoisotopic (exact) mass is 361 g/mol. The summed E-state index contributed by atoms with van der Waals surface area (Å²) >= 11 is 9.59. The highest BCUT2D eigenvalue weighted by atomic mass is 79.9. The van der Waals surface area contributed by atoms with Crippen LogP contribution >= 0.6 is 27.5 Å². The molecule has 0 aliphatic rings. The Kier molecular flexibility index (Phi) is 3.74. The summed E-state index contributed by atoms with van der Waals surface area (Å²) in [5, 5.41) is 7.89. The van der Waals surface area contributed by atoms with Crippen LogP contribution in [0.15, 0.2) is 46.9 Å². The maximum Gasteiger partial charge on any atom is 0.153 e. The first-order chi connectivity index (χ1) is 10.1. The van der Waals surface area contributed by atoms with E-state index in [4.69, 9.17) is 17.3 Å². The lowest BCUT2D eigenvalue weighted by molar-refractivity contribution is 1.10. The molecule has 0 aliphatic heterocycles. The van der Waals surface area contributed by atoms with Crippen molar-refractivity contribution in [2.45, 2.75) is 6.92 Å². The van der Waals surface area contributed by atoms with Gasteiger partial charge in [-0.3, -0.25) is 5.10 Å². The van der Waals surface area contributed by atoms with Gasteiger partial charge < -0.3 is 5.73 Å². The summed E-state index contributed by atoms with van der Waals surface area (Å²) in [6, 6.07) is 13.7. The van der Waals surface area contributed by atoms with Gasteiger partial charge in [0.05, 0.1) is 11.3 Å². The number of halogens is 2. The first-order valence-electron chi connectivity index (χ1n) is 6.43. The average molecular weight is 363 g/mol. The van der Waals surface area contributed by atoms with Crippen molar-refractivity contribution in [1.29, 1.82) is 0 Å². The topological polar surface area (TPSA) is 54.7 Å². The van der Waals surface area contributed by atoms with Crippen molar-refractivity contribution in [3.8, 4) is 22.4 Å². The van der Waals surface area contributed by atoms with E-state index in [-0.39, 0.29) is 0 Å². The molecule has 0 saturated heterocycles. The van der Waals surface area contributed by atoms with Crippen LogP contribution in [-0.4, -0.2) is 10.2 Å². The van der Waals surface area contributed by atoms with E-state index in [0.29, 0.717) is 10.8 Å². The van der Waals surface area contributed by atoms with Gasteiger partial charge in [0.25, 0.3) is 0 Å². The van der Waals surface area contributed by atoms with Gasteiger partial charge in [0.2, 0.25) is 0 Å². The average Bonchev–Trinajstić information content (AvgIpc) is 2.85. The number of nitrogen functional groups attached to an aromatic ring is 1. The second kappa shape index (κ2) is 5.54. The summed E-state index contributed by atoms with van der Waals surface area (Å²) in [6.07, 6.45) is 0. The molecule has 2 aromatic carbocycles. The van der Waals surface area contributed by atoms with E-state index >= 15 is 0 Å². The zero-order chi connectivity index (χ0) is 15.0. The predicted molar refractivity (Wildman–Crippen MR) is 91.3 cm³/mol. The van der Waals surface area contributed by atoms with Gasteiger partial charge in [-0.2, -0.15) is 5.10 Å². The molecule has 0 fully saturated rings. The molecule has 0 radical (unpaired) electrons.